The van der Waals surface area contributed by atoms with Crippen molar-refractivity contribution < 1.29 is 9.59 Å². The molecule has 1 aliphatic rings. The second-order valence-electron chi connectivity index (χ2n) is 7.36. The molecule has 28 heavy (non-hydrogen) atoms. The van der Waals surface area contributed by atoms with E-state index in [1.807, 2.05) is 37.3 Å². The molecule has 2 aromatic carbocycles. The van der Waals surface area contributed by atoms with Crippen molar-refractivity contribution in [2.24, 2.45) is 0 Å². The minimum absolute atomic E-state index is 0.0852. The lowest BCUT2D eigenvalue weighted by atomic mass is 10.1. The van der Waals surface area contributed by atoms with Crippen LogP contribution in [0.25, 0.3) is 0 Å². The third-order valence-electron chi connectivity index (χ3n) is 5.03. The molecule has 1 aliphatic carbocycles. The van der Waals surface area contributed by atoms with Crippen molar-refractivity contribution in [1.29, 1.82) is 0 Å². The van der Waals surface area contributed by atoms with E-state index in [1.165, 1.54) is 0 Å². The zero-order chi connectivity index (χ0) is 20.1. The number of hydrogen-bond acceptors (Lipinski definition) is 3. The molecule has 3 rings (SSSR count). The first-order chi connectivity index (χ1) is 13.5. The molecule has 5 heteroatoms. The Morgan fingerprint density at radius 3 is 2.29 bits per heavy atom. The van der Waals surface area contributed by atoms with Crippen molar-refractivity contribution in [3.05, 3.63) is 59.2 Å². The van der Waals surface area contributed by atoms with Gasteiger partial charge in [0, 0.05) is 41.6 Å². The Bertz CT molecular complexity index is 841. The van der Waals surface area contributed by atoms with Crippen LogP contribution in [0.2, 0.25) is 0 Å². The van der Waals surface area contributed by atoms with Crippen LogP contribution in [-0.2, 0) is 0 Å². The number of nitrogens with one attached hydrogen (secondary N) is 2. The van der Waals surface area contributed by atoms with E-state index in [1.54, 1.807) is 12.1 Å². The Balaban J connectivity index is 1.70. The zero-order valence-corrected chi connectivity index (χ0v) is 16.9. The third kappa shape index (κ3) is 4.91. The van der Waals surface area contributed by atoms with Gasteiger partial charge in [0.05, 0.1) is 0 Å². The molecule has 5 nitrogen and oxygen atoms in total. The number of aryl methyl sites for hydroxylation is 1. The summed E-state index contributed by atoms with van der Waals surface area (Å²) in [6.07, 6.45) is 3.18. The fraction of sp³-hybridized carbons (Fsp3) is 0.391. The lowest BCUT2D eigenvalue weighted by Gasteiger charge is -2.22. The smallest absolute Gasteiger partial charge is 0.255 e. The molecule has 0 atom stereocenters. The van der Waals surface area contributed by atoms with Crippen molar-refractivity contribution in [3.63, 3.8) is 0 Å². The van der Waals surface area contributed by atoms with Gasteiger partial charge in [-0.25, -0.2) is 0 Å². The first kappa shape index (κ1) is 19.9. The van der Waals surface area contributed by atoms with E-state index in [4.69, 9.17) is 0 Å². The molecular weight excluding hydrogens is 350 g/mol. The highest BCUT2D eigenvalue weighted by Crippen LogP contribution is 2.22. The number of carbonyl (C=O) groups is 2. The van der Waals surface area contributed by atoms with Crippen LogP contribution in [0.5, 0.6) is 0 Å². The van der Waals surface area contributed by atoms with Crippen molar-refractivity contribution >= 4 is 23.2 Å². The Kier molecular flexibility index (Phi) is 6.34. The van der Waals surface area contributed by atoms with Gasteiger partial charge in [-0.1, -0.05) is 13.0 Å². The molecule has 0 aliphatic heterocycles. The van der Waals surface area contributed by atoms with Gasteiger partial charge in [0.25, 0.3) is 11.8 Å². The fourth-order valence-corrected chi connectivity index (χ4v) is 3.15. The van der Waals surface area contributed by atoms with Gasteiger partial charge in [-0.15, -0.1) is 0 Å². The quantitative estimate of drug-likeness (QED) is 0.716. The van der Waals surface area contributed by atoms with Crippen molar-refractivity contribution in [3.8, 4) is 0 Å². The number of benzene rings is 2. The van der Waals surface area contributed by atoms with Crippen LogP contribution in [0.4, 0.5) is 11.4 Å². The summed E-state index contributed by atoms with van der Waals surface area (Å²) >= 11 is 0. The highest BCUT2D eigenvalue weighted by Gasteiger charge is 2.24. The molecule has 1 fully saturated rings. The number of nitrogens with zero attached hydrogens (tertiary/aromatic N) is 1. The van der Waals surface area contributed by atoms with Gasteiger partial charge in [-0.2, -0.15) is 0 Å². The summed E-state index contributed by atoms with van der Waals surface area (Å²) < 4.78 is 0. The standard InChI is InChI=1S/C23H29N3O2/c1-4-14-26(5-2)20-12-8-17(9-13-20)22(27)25-21-15-18(7-6-16(21)3)23(28)24-19-10-11-19/h6-9,12-13,15,19H,4-5,10-11,14H2,1-3H3,(H,24,28)(H,25,27). The van der Waals surface area contributed by atoms with Gasteiger partial charge >= 0.3 is 0 Å². The van der Waals surface area contributed by atoms with Crippen molar-refractivity contribution in [2.45, 2.75) is 46.1 Å². The average Bonchev–Trinajstić information content (AvgIpc) is 3.51. The number of anilines is 2. The van der Waals surface area contributed by atoms with E-state index in [0.717, 1.165) is 43.6 Å². The summed E-state index contributed by atoms with van der Waals surface area (Å²) in [7, 11) is 0. The molecule has 0 heterocycles. The molecule has 2 amide bonds. The van der Waals surface area contributed by atoms with E-state index in [-0.39, 0.29) is 11.8 Å². The Morgan fingerprint density at radius 1 is 1.00 bits per heavy atom. The molecule has 0 unspecified atom stereocenters. The molecule has 0 bridgehead atoms. The van der Waals surface area contributed by atoms with Crippen LogP contribution in [0.1, 0.15) is 59.4 Å². The Labute approximate surface area is 167 Å². The normalized spacial score (nSPS) is 13.1. The van der Waals surface area contributed by atoms with E-state index in [0.29, 0.717) is 22.9 Å². The first-order valence-electron chi connectivity index (χ1n) is 10.1. The monoisotopic (exact) mass is 379 g/mol. The predicted molar refractivity (Wildman–Crippen MR) is 114 cm³/mol. The molecule has 0 aromatic heterocycles. The van der Waals surface area contributed by atoms with Crippen LogP contribution in [0.15, 0.2) is 42.5 Å². The largest absolute Gasteiger partial charge is 0.372 e. The molecule has 148 valence electrons. The number of carbonyl (C=O) groups excluding carboxylic acids is 2. The van der Waals surface area contributed by atoms with Gasteiger partial charge in [-0.05, 0) is 75.1 Å². The van der Waals surface area contributed by atoms with Crippen LogP contribution >= 0.6 is 0 Å². The number of amides is 2. The van der Waals surface area contributed by atoms with Crippen molar-refractivity contribution in [2.75, 3.05) is 23.3 Å². The molecular formula is C23H29N3O2. The zero-order valence-electron chi connectivity index (χ0n) is 16.9. The second-order valence-corrected chi connectivity index (χ2v) is 7.36. The maximum atomic E-state index is 12.7. The van der Waals surface area contributed by atoms with E-state index < -0.39 is 0 Å². The minimum Gasteiger partial charge on any atom is -0.372 e. The SMILES string of the molecule is CCCN(CC)c1ccc(C(=O)Nc2cc(C(=O)NC3CC3)ccc2C)cc1. The van der Waals surface area contributed by atoms with Gasteiger partial charge in [-0.3, -0.25) is 9.59 Å². The Hall–Kier alpha value is -2.82. The predicted octanol–water partition coefficient (Wildman–Crippen LogP) is 4.38. The van der Waals surface area contributed by atoms with Crippen LogP contribution in [0, 0.1) is 6.92 Å². The summed E-state index contributed by atoms with van der Waals surface area (Å²) in [6.45, 7) is 8.15. The third-order valence-corrected chi connectivity index (χ3v) is 5.03. The maximum Gasteiger partial charge on any atom is 0.255 e. The maximum absolute atomic E-state index is 12.7. The summed E-state index contributed by atoms with van der Waals surface area (Å²) in [5.41, 5.74) is 3.88. The second kappa shape index (κ2) is 8.91. The van der Waals surface area contributed by atoms with Crippen molar-refractivity contribution in [1.82, 2.24) is 5.32 Å². The summed E-state index contributed by atoms with van der Waals surface area (Å²) in [5, 5.41) is 5.92. The number of rotatable bonds is 8. The first-order valence-corrected chi connectivity index (χ1v) is 10.1. The highest BCUT2D eigenvalue weighted by molar-refractivity contribution is 6.05. The van der Waals surface area contributed by atoms with E-state index in [2.05, 4.69) is 29.4 Å². The minimum atomic E-state index is -0.173. The summed E-state index contributed by atoms with van der Waals surface area (Å²) in [4.78, 5) is 27.2. The molecule has 2 N–H and O–H groups in total. The topological polar surface area (TPSA) is 61.4 Å². The summed E-state index contributed by atoms with van der Waals surface area (Å²) in [6, 6.07) is 13.4. The van der Waals surface area contributed by atoms with E-state index >= 15 is 0 Å². The van der Waals surface area contributed by atoms with Crippen LogP contribution in [-0.4, -0.2) is 30.9 Å². The lowest BCUT2D eigenvalue weighted by Crippen LogP contribution is -2.25. The highest BCUT2D eigenvalue weighted by atomic mass is 16.2. The Morgan fingerprint density at radius 2 is 1.68 bits per heavy atom. The molecule has 0 radical (unpaired) electrons. The van der Waals surface area contributed by atoms with Crippen LogP contribution in [0.3, 0.4) is 0 Å². The lowest BCUT2D eigenvalue weighted by molar-refractivity contribution is 0.0949. The van der Waals surface area contributed by atoms with Gasteiger partial charge in [0.1, 0.15) is 0 Å². The molecule has 1 saturated carbocycles. The molecule has 0 spiro atoms. The molecule has 0 saturated heterocycles. The number of hydrogen-bond donors (Lipinski definition) is 2. The van der Waals surface area contributed by atoms with Gasteiger partial charge in [0.2, 0.25) is 0 Å². The van der Waals surface area contributed by atoms with Crippen LogP contribution < -0.4 is 15.5 Å². The van der Waals surface area contributed by atoms with E-state index in [9.17, 15) is 9.59 Å². The van der Waals surface area contributed by atoms with Gasteiger partial charge in [0.15, 0.2) is 0 Å². The summed E-state index contributed by atoms with van der Waals surface area (Å²) in [5.74, 6) is -0.258. The molecule has 2 aromatic rings. The fourth-order valence-electron chi connectivity index (χ4n) is 3.15. The average molecular weight is 380 g/mol. The van der Waals surface area contributed by atoms with Gasteiger partial charge < -0.3 is 15.5 Å².